The summed E-state index contributed by atoms with van der Waals surface area (Å²) in [5.41, 5.74) is 3.27. The van der Waals surface area contributed by atoms with Crippen LogP contribution in [0.25, 0.3) is 0 Å². The van der Waals surface area contributed by atoms with Gasteiger partial charge in [-0.15, -0.1) is 0 Å². The fourth-order valence-corrected chi connectivity index (χ4v) is 5.32. The van der Waals surface area contributed by atoms with Crippen LogP contribution in [0.15, 0.2) is 30.3 Å². The number of amides is 3. The van der Waals surface area contributed by atoms with Crippen LogP contribution in [0.1, 0.15) is 52.1 Å². The average Bonchev–Trinajstić information content (AvgIpc) is 3.51. The van der Waals surface area contributed by atoms with E-state index in [0.29, 0.717) is 18.5 Å². The number of ether oxygens (including phenoxy) is 1. The molecular formula is C24H27N3O4. The number of hydrogen-bond donors (Lipinski definition) is 1. The quantitative estimate of drug-likeness (QED) is 0.595. The van der Waals surface area contributed by atoms with Gasteiger partial charge in [0.15, 0.2) is 5.78 Å². The highest BCUT2D eigenvalue weighted by atomic mass is 16.5. The minimum Gasteiger partial charge on any atom is -0.376 e. The summed E-state index contributed by atoms with van der Waals surface area (Å²) in [5, 5.41) is 2.89. The van der Waals surface area contributed by atoms with Crippen LogP contribution in [0.4, 0.5) is 4.79 Å². The van der Waals surface area contributed by atoms with E-state index in [9.17, 15) is 14.4 Å². The highest BCUT2D eigenvalue weighted by molar-refractivity contribution is 6.12. The summed E-state index contributed by atoms with van der Waals surface area (Å²) >= 11 is 0. The molecule has 5 rings (SSSR count). The Balaban J connectivity index is 1.37. The minimum atomic E-state index is -1.04. The van der Waals surface area contributed by atoms with E-state index in [1.54, 1.807) is 0 Å². The Bertz CT molecular complexity index is 1080. The van der Waals surface area contributed by atoms with Crippen LogP contribution in [-0.2, 0) is 28.0 Å². The Morgan fingerprint density at radius 3 is 2.84 bits per heavy atom. The number of ketones is 1. The summed E-state index contributed by atoms with van der Waals surface area (Å²) in [6, 6.07) is 9.05. The first-order valence-corrected chi connectivity index (χ1v) is 10.9. The lowest BCUT2D eigenvalue weighted by atomic mass is 9.92. The van der Waals surface area contributed by atoms with Crippen molar-refractivity contribution in [3.8, 4) is 0 Å². The molecule has 3 amide bonds. The predicted octanol–water partition coefficient (Wildman–Crippen LogP) is 2.86. The first-order valence-electron chi connectivity index (χ1n) is 10.9. The van der Waals surface area contributed by atoms with E-state index in [2.05, 4.69) is 9.88 Å². The number of benzene rings is 1. The Labute approximate surface area is 181 Å². The molecule has 1 N–H and O–H groups in total. The predicted molar refractivity (Wildman–Crippen MR) is 114 cm³/mol. The van der Waals surface area contributed by atoms with Crippen LogP contribution < -0.4 is 5.32 Å². The number of nitrogens with one attached hydrogen (secondary N) is 1. The molecule has 0 unspecified atom stereocenters. The molecule has 2 atom stereocenters. The maximum absolute atomic E-state index is 13.3. The summed E-state index contributed by atoms with van der Waals surface area (Å²) in [7, 11) is 0. The van der Waals surface area contributed by atoms with Gasteiger partial charge in [-0.2, -0.15) is 0 Å². The highest BCUT2D eigenvalue weighted by Gasteiger charge is 2.55. The number of fused-ring (bicyclic) bond motifs is 2. The second kappa shape index (κ2) is 7.34. The van der Waals surface area contributed by atoms with E-state index in [1.807, 2.05) is 44.2 Å². The second-order valence-electron chi connectivity index (χ2n) is 8.84. The second-order valence-corrected chi connectivity index (χ2v) is 8.84. The summed E-state index contributed by atoms with van der Waals surface area (Å²) in [6.07, 6.45) is 3.51. The Kier molecular flexibility index (Phi) is 4.73. The van der Waals surface area contributed by atoms with Gasteiger partial charge >= 0.3 is 6.03 Å². The van der Waals surface area contributed by atoms with E-state index in [1.165, 1.54) is 0 Å². The summed E-state index contributed by atoms with van der Waals surface area (Å²) in [6.45, 7) is 5.13. The minimum absolute atomic E-state index is 0.168. The number of urea groups is 1. The van der Waals surface area contributed by atoms with E-state index < -0.39 is 11.6 Å². The van der Waals surface area contributed by atoms with Gasteiger partial charge in [0.2, 0.25) is 0 Å². The van der Waals surface area contributed by atoms with Crippen molar-refractivity contribution < 1.29 is 19.1 Å². The largest absolute Gasteiger partial charge is 0.376 e. The van der Waals surface area contributed by atoms with Gasteiger partial charge in [-0.25, -0.2) is 4.79 Å². The van der Waals surface area contributed by atoms with Gasteiger partial charge < -0.3 is 14.6 Å². The van der Waals surface area contributed by atoms with Crippen molar-refractivity contribution >= 4 is 17.7 Å². The van der Waals surface area contributed by atoms with Crippen molar-refractivity contribution in [2.24, 2.45) is 0 Å². The molecule has 0 radical (unpaired) electrons. The zero-order valence-electron chi connectivity index (χ0n) is 17.9. The van der Waals surface area contributed by atoms with Crippen molar-refractivity contribution in [3.63, 3.8) is 0 Å². The van der Waals surface area contributed by atoms with Crippen LogP contribution in [0.2, 0.25) is 0 Å². The zero-order chi connectivity index (χ0) is 21.8. The Hall–Kier alpha value is -2.93. The third kappa shape index (κ3) is 3.10. The number of imide groups is 1. The normalized spacial score (nSPS) is 24.8. The molecule has 0 bridgehead atoms. The number of rotatable bonds is 5. The number of carbonyl (C=O) groups is 3. The number of Topliss-reactive ketones (excluding diaryl/α,β-unsaturated/α-hetero) is 1. The standard InChI is InChI=1S/C24H27N3O4/c1-15-12-19(16(2)26(15)13-18-7-5-11-31-18)21(28)14-27-22(29)24(25-23(27)30)10-9-17-6-3-4-8-20(17)24/h3-4,6,8,12,18H,5,7,9-11,13-14H2,1-2H3,(H,25,30)/t18-,24+/m1/s1. The van der Waals surface area contributed by atoms with Crippen LogP contribution in [-0.4, -0.2) is 46.4 Å². The molecule has 3 aliphatic rings. The van der Waals surface area contributed by atoms with Crippen molar-refractivity contribution in [2.75, 3.05) is 13.2 Å². The van der Waals surface area contributed by atoms with E-state index in [-0.39, 0.29) is 24.3 Å². The Morgan fingerprint density at radius 2 is 2.06 bits per heavy atom. The lowest BCUT2D eigenvalue weighted by Gasteiger charge is -2.22. The molecule has 2 saturated heterocycles. The van der Waals surface area contributed by atoms with Crippen LogP contribution in [0, 0.1) is 13.8 Å². The molecule has 7 heteroatoms. The fraction of sp³-hybridized carbons (Fsp3) is 0.458. The number of hydrogen-bond acceptors (Lipinski definition) is 4. The molecule has 0 saturated carbocycles. The molecule has 1 aromatic carbocycles. The molecule has 1 aromatic heterocycles. The van der Waals surface area contributed by atoms with Crippen LogP contribution >= 0.6 is 0 Å². The SMILES string of the molecule is Cc1cc(C(=O)CN2C(=O)N[C@]3(CCc4ccccc43)C2=O)c(C)n1C[C@H]1CCCO1. The number of aromatic nitrogens is 1. The van der Waals surface area contributed by atoms with Crippen molar-refractivity contribution in [2.45, 2.75) is 57.7 Å². The summed E-state index contributed by atoms with van der Waals surface area (Å²) in [4.78, 5) is 40.3. The van der Waals surface area contributed by atoms with Crippen molar-refractivity contribution in [1.29, 1.82) is 0 Å². The molecule has 1 spiro atoms. The maximum atomic E-state index is 13.3. The molecule has 1 aliphatic carbocycles. The molecule has 2 fully saturated rings. The van der Waals surface area contributed by atoms with Gasteiger partial charge in [0.05, 0.1) is 12.6 Å². The van der Waals surface area contributed by atoms with Gasteiger partial charge in [0.25, 0.3) is 5.91 Å². The molecular weight excluding hydrogens is 394 g/mol. The first-order chi connectivity index (χ1) is 14.9. The summed E-state index contributed by atoms with van der Waals surface area (Å²) < 4.78 is 7.84. The highest BCUT2D eigenvalue weighted by Crippen LogP contribution is 2.41. The average molecular weight is 421 g/mol. The molecule has 7 nitrogen and oxygen atoms in total. The molecule has 162 valence electrons. The van der Waals surface area contributed by atoms with E-state index in [4.69, 9.17) is 4.74 Å². The number of nitrogens with zero attached hydrogens (tertiary/aromatic N) is 2. The monoisotopic (exact) mass is 421 g/mol. The molecule has 2 aliphatic heterocycles. The fourth-order valence-electron chi connectivity index (χ4n) is 5.32. The third-order valence-corrected chi connectivity index (χ3v) is 7.01. The summed E-state index contributed by atoms with van der Waals surface area (Å²) in [5.74, 6) is -0.553. The number of carbonyl (C=O) groups excluding carboxylic acids is 3. The number of aryl methyl sites for hydroxylation is 2. The van der Waals surface area contributed by atoms with Crippen LogP contribution in [0.3, 0.4) is 0 Å². The lowest BCUT2D eigenvalue weighted by molar-refractivity contribution is -0.131. The van der Waals surface area contributed by atoms with Gasteiger partial charge in [0.1, 0.15) is 5.54 Å². The zero-order valence-corrected chi connectivity index (χ0v) is 17.9. The van der Waals surface area contributed by atoms with E-state index >= 15 is 0 Å². The van der Waals surface area contributed by atoms with Gasteiger partial charge in [-0.05, 0) is 56.7 Å². The van der Waals surface area contributed by atoms with Crippen LogP contribution in [0.5, 0.6) is 0 Å². The van der Waals surface area contributed by atoms with Gasteiger partial charge in [-0.3, -0.25) is 14.5 Å². The van der Waals surface area contributed by atoms with Gasteiger partial charge in [-0.1, -0.05) is 24.3 Å². The lowest BCUT2D eigenvalue weighted by Crippen LogP contribution is -2.42. The first kappa shape index (κ1) is 20.0. The van der Waals surface area contributed by atoms with Crippen molar-refractivity contribution in [1.82, 2.24) is 14.8 Å². The Morgan fingerprint density at radius 1 is 1.26 bits per heavy atom. The molecule has 3 heterocycles. The van der Waals surface area contributed by atoms with Gasteiger partial charge in [0, 0.05) is 30.1 Å². The molecule has 2 aromatic rings. The topological polar surface area (TPSA) is 80.6 Å². The van der Waals surface area contributed by atoms with E-state index in [0.717, 1.165) is 53.3 Å². The van der Waals surface area contributed by atoms with Crippen molar-refractivity contribution in [3.05, 3.63) is 58.4 Å². The smallest absolute Gasteiger partial charge is 0.325 e. The molecule has 31 heavy (non-hydrogen) atoms. The maximum Gasteiger partial charge on any atom is 0.325 e. The third-order valence-electron chi connectivity index (χ3n) is 7.01.